The summed E-state index contributed by atoms with van der Waals surface area (Å²) in [6.07, 6.45) is 0. The van der Waals surface area contributed by atoms with Gasteiger partial charge in [0.1, 0.15) is 0 Å². The van der Waals surface area contributed by atoms with E-state index in [-0.39, 0.29) is 17.7 Å². The number of rotatable bonds is 5. The van der Waals surface area contributed by atoms with Crippen LogP contribution in [-0.2, 0) is 10.0 Å². The number of sulfonamides is 1. The molecule has 0 bridgehead atoms. The second-order valence-corrected chi connectivity index (χ2v) is 5.29. The molecule has 5 heteroatoms. The van der Waals surface area contributed by atoms with Crippen molar-refractivity contribution in [2.24, 2.45) is 5.92 Å². The summed E-state index contributed by atoms with van der Waals surface area (Å²) < 4.78 is 24.7. The van der Waals surface area contributed by atoms with E-state index in [1.807, 2.05) is 13.8 Å². The Balaban J connectivity index is 4.09. The van der Waals surface area contributed by atoms with Crippen LogP contribution >= 0.6 is 11.6 Å². The molecule has 0 aliphatic heterocycles. The third-order valence-electron chi connectivity index (χ3n) is 1.84. The molecule has 0 aliphatic rings. The van der Waals surface area contributed by atoms with Crippen LogP contribution in [0.2, 0.25) is 0 Å². The number of hydrogen-bond acceptors (Lipinski definition) is 2. The lowest BCUT2D eigenvalue weighted by atomic mass is 10.1. The van der Waals surface area contributed by atoms with Gasteiger partial charge in [0.2, 0.25) is 10.0 Å². The standard InChI is InChI=1S/C7H16ClNO2S/c1-4-12(10,11)9-7(3)6(2)5-8/h6-7,9H,4-5H2,1-3H3. The van der Waals surface area contributed by atoms with Crippen molar-refractivity contribution in [2.45, 2.75) is 26.8 Å². The predicted octanol–water partition coefficient (Wildman–Crippen LogP) is 1.19. The summed E-state index contributed by atoms with van der Waals surface area (Å²) in [4.78, 5) is 0. The minimum atomic E-state index is -3.08. The van der Waals surface area contributed by atoms with E-state index >= 15 is 0 Å². The Kier molecular flexibility index (Phi) is 5.13. The Hall–Kier alpha value is 0.200. The molecular formula is C7H16ClNO2S. The zero-order valence-electron chi connectivity index (χ0n) is 7.67. The van der Waals surface area contributed by atoms with Gasteiger partial charge in [0.05, 0.1) is 5.75 Å². The van der Waals surface area contributed by atoms with Crippen LogP contribution in [0.15, 0.2) is 0 Å². The highest BCUT2D eigenvalue weighted by molar-refractivity contribution is 7.89. The van der Waals surface area contributed by atoms with Crippen LogP contribution in [0.3, 0.4) is 0 Å². The molecule has 0 saturated carbocycles. The largest absolute Gasteiger partial charge is 0.212 e. The molecular weight excluding hydrogens is 198 g/mol. The third kappa shape index (κ3) is 4.28. The van der Waals surface area contributed by atoms with Crippen LogP contribution in [0.4, 0.5) is 0 Å². The van der Waals surface area contributed by atoms with Crippen LogP contribution < -0.4 is 4.72 Å². The molecule has 0 amide bonds. The first-order valence-corrected chi connectivity index (χ1v) is 6.17. The lowest BCUT2D eigenvalue weighted by Gasteiger charge is -2.18. The molecule has 0 aromatic rings. The molecule has 0 heterocycles. The molecule has 2 unspecified atom stereocenters. The fourth-order valence-corrected chi connectivity index (χ4v) is 1.85. The highest BCUT2D eigenvalue weighted by atomic mass is 35.5. The van der Waals surface area contributed by atoms with Gasteiger partial charge in [-0.05, 0) is 19.8 Å². The van der Waals surface area contributed by atoms with E-state index in [1.54, 1.807) is 6.92 Å². The van der Waals surface area contributed by atoms with Crippen molar-refractivity contribution in [3.63, 3.8) is 0 Å². The summed E-state index contributed by atoms with van der Waals surface area (Å²) in [6, 6.07) is -0.0903. The van der Waals surface area contributed by atoms with Gasteiger partial charge >= 0.3 is 0 Å². The summed E-state index contributed by atoms with van der Waals surface area (Å²) in [6.45, 7) is 5.34. The first kappa shape index (κ1) is 12.2. The van der Waals surface area contributed by atoms with E-state index in [0.717, 1.165) is 0 Å². The molecule has 0 radical (unpaired) electrons. The van der Waals surface area contributed by atoms with Crippen molar-refractivity contribution < 1.29 is 8.42 Å². The second-order valence-electron chi connectivity index (χ2n) is 2.94. The highest BCUT2D eigenvalue weighted by Gasteiger charge is 2.16. The summed E-state index contributed by atoms with van der Waals surface area (Å²) in [5, 5.41) is 0. The molecule has 0 aromatic heterocycles. The number of halogens is 1. The summed E-state index contributed by atoms with van der Waals surface area (Å²) in [5.41, 5.74) is 0. The molecule has 12 heavy (non-hydrogen) atoms. The van der Waals surface area contributed by atoms with Gasteiger partial charge in [-0.1, -0.05) is 6.92 Å². The SMILES string of the molecule is CCS(=O)(=O)NC(C)C(C)CCl. The van der Waals surface area contributed by atoms with E-state index in [2.05, 4.69) is 4.72 Å². The smallest absolute Gasteiger partial charge is 0.211 e. The van der Waals surface area contributed by atoms with Gasteiger partial charge < -0.3 is 0 Å². The van der Waals surface area contributed by atoms with E-state index in [9.17, 15) is 8.42 Å². The first-order valence-electron chi connectivity index (χ1n) is 3.99. The minimum Gasteiger partial charge on any atom is -0.212 e. The number of nitrogens with one attached hydrogen (secondary N) is 1. The van der Waals surface area contributed by atoms with Gasteiger partial charge in [-0.25, -0.2) is 13.1 Å². The lowest BCUT2D eigenvalue weighted by Crippen LogP contribution is -2.38. The van der Waals surface area contributed by atoms with Crippen molar-refractivity contribution in [1.82, 2.24) is 4.72 Å². The lowest BCUT2D eigenvalue weighted by molar-refractivity contribution is 0.481. The molecule has 0 aromatic carbocycles. The van der Waals surface area contributed by atoms with E-state index in [1.165, 1.54) is 0 Å². The number of hydrogen-bond donors (Lipinski definition) is 1. The molecule has 0 spiro atoms. The fourth-order valence-electron chi connectivity index (χ4n) is 0.616. The Morgan fingerprint density at radius 3 is 2.25 bits per heavy atom. The van der Waals surface area contributed by atoms with E-state index in [4.69, 9.17) is 11.6 Å². The maximum Gasteiger partial charge on any atom is 0.211 e. The number of alkyl halides is 1. The van der Waals surface area contributed by atoms with Crippen LogP contribution in [0.1, 0.15) is 20.8 Å². The topological polar surface area (TPSA) is 46.2 Å². The zero-order valence-corrected chi connectivity index (χ0v) is 9.24. The van der Waals surface area contributed by atoms with Crippen molar-refractivity contribution in [1.29, 1.82) is 0 Å². The van der Waals surface area contributed by atoms with E-state index in [0.29, 0.717) is 5.88 Å². The molecule has 0 saturated heterocycles. The van der Waals surface area contributed by atoms with Gasteiger partial charge in [0, 0.05) is 11.9 Å². The van der Waals surface area contributed by atoms with Crippen LogP contribution in [0.25, 0.3) is 0 Å². The first-order chi connectivity index (χ1) is 5.43. The maximum atomic E-state index is 11.1. The van der Waals surface area contributed by atoms with Crippen LogP contribution in [0, 0.1) is 5.92 Å². The monoisotopic (exact) mass is 213 g/mol. The summed E-state index contributed by atoms with van der Waals surface area (Å²) in [5.74, 6) is 0.743. The van der Waals surface area contributed by atoms with Gasteiger partial charge in [-0.2, -0.15) is 0 Å². The van der Waals surface area contributed by atoms with Crippen molar-refractivity contribution in [2.75, 3.05) is 11.6 Å². The van der Waals surface area contributed by atoms with Gasteiger partial charge in [-0.3, -0.25) is 0 Å². The average molecular weight is 214 g/mol. The average Bonchev–Trinajstić information content (AvgIpc) is 2.02. The molecule has 0 rings (SSSR count). The summed E-state index contributed by atoms with van der Waals surface area (Å²) >= 11 is 5.58. The van der Waals surface area contributed by atoms with Crippen LogP contribution in [0.5, 0.6) is 0 Å². The minimum absolute atomic E-state index is 0.0903. The van der Waals surface area contributed by atoms with Crippen molar-refractivity contribution in [3.8, 4) is 0 Å². The third-order valence-corrected chi connectivity index (χ3v) is 3.82. The molecule has 3 nitrogen and oxygen atoms in total. The Morgan fingerprint density at radius 1 is 1.42 bits per heavy atom. The Morgan fingerprint density at radius 2 is 1.92 bits per heavy atom. The summed E-state index contributed by atoms with van der Waals surface area (Å²) in [7, 11) is -3.08. The van der Waals surface area contributed by atoms with Crippen molar-refractivity contribution >= 4 is 21.6 Å². The quantitative estimate of drug-likeness (QED) is 0.698. The predicted molar refractivity (Wildman–Crippen MR) is 51.9 cm³/mol. The fraction of sp³-hybridized carbons (Fsp3) is 1.00. The normalized spacial score (nSPS) is 17.3. The Bertz CT molecular complexity index is 215. The molecule has 1 N–H and O–H groups in total. The molecule has 2 atom stereocenters. The van der Waals surface area contributed by atoms with Gasteiger partial charge in [0.25, 0.3) is 0 Å². The van der Waals surface area contributed by atoms with Crippen molar-refractivity contribution in [3.05, 3.63) is 0 Å². The molecule has 74 valence electrons. The van der Waals surface area contributed by atoms with Gasteiger partial charge in [0.15, 0.2) is 0 Å². The molecule has 0 fully saturated rings. The Labute approximate surface area is 79.5 Å². The maximum absolute atomic E-state index is 11.1. The molecule has 0 aliphatic carbocycles. The zero-order chi connectivity index (χ0) is 9.78. The highest BCUT2D eigenvalue weighted by Crippen LogP contribution is 2.05. The van der Waals surface area contributed by atoms with E-state index < -0.39 is 10.0 Å². The second kappa shape index (κ2) is 5.04. The van der Waals surface area contributed by atoms with Crippen LogP contribution in [-0.4, -0.2) is 26.1 Å². The van der Waals surface area contributed by atoms with Gasteiger partial charge in [-0.15, -0.1) is 11.6 Å².